The Balaban J connectivity index is 1.45. The molecule has 4 aromatic rings. The molecule has 3 aromatic carbocycles. The molecule has 4 N–H and O–H groups in total. The Kier molecular flexibility index (Phi) is 8.67. The molecule has 13 heteroatoms. The van der Waals surface area contributed by atoms with Crippen molar-refractivity contribution in [2.24, 2.45) is 0 Å². The fraction of sp³-hybridized carbons (Fsp3) is 0.222. The quantitative estimate of drug-likeness (QED) is 0.155. The number of carbonyl (C=O) groups excluding carboxylic acids is 1. The Labute approximate surface area is 228 Å². The number of hydroxylamine groups is 1. The monoisotopic (exact) mass is 576 g/mol. The number of nitrogens with zero attached hydrogens (tertiary/aromatic N) is 1. The highest BCUT2D eigenvalue weighted by Crippen LogP contribution is 2.32. The summed E-state index contributed by atoms with van der Waals surface area (Å²) in [5, 5.41) is 13.3. The first-order chi connectivity index (χ1) is 19.0. The van der Waals surface area contributed by atoms with E-state index in [1.165, 1.54) is 36.4 Å². The van der Waals surface area contributed by atoms with Gasteiger partial charge in [0.15, 0.2) is 0 Å². The van der Waals surface area contributed by atoms with Crippen LogP contribution >= 0.6 is 0 Å². The van der Waals surface area contributed by atoms with E-state index in [2.05, 4.69) is 10.3 Å². The third kappa shape index (κ3) is 7.11. The molecule has 0 fully saturated rings. The first kappa shape index (κ1) is 28.9. The van der Waals surface area contributed by atoms with Gasteiger partial charge >= 0.3 is 6.18 Å². The number of carbonyl (C=O) groups is 1. The van der Waals surface area contributed by atoms with E-state index in [4.69, 9.17) is 4.74 Å². The standard InChI is InChI=1S/C27H27F3N4O5S/c1-40(37,38)34(20-8-12-22(13-9-20)39-21-10-6-19(7-11-21)27(28,29)30)17-25(26(35)33-36)31-15-14-18-16-32-24-5-3-2-4-23(18)24/h2-13,16,25,31-32,36H,14-15,17H2,1H3,(H,33,35)/t25-/m0/s1. The van der Waals surface area contributed by atoms with Crippen molar-refractivity contribution in [2.45, 2.75) is 18.6 Å². The number of H-pyrrole nitrogens is 1. The maximum atomic E-state index is 12.8. The molecule has 212 valence electrons. The number of aromatic amines is 1. The number of rotatable bonds is 11. The van der Waals surface area contributed by atoms with Crippen LogP contribution in [0.25, 0.3) is 10.9 Å². The Morgan fingerprint density at radius 3 is 2.25 bits per heavy atom. The Hall–Kier alpha value is -4.07. The third-order valence-corrected chi connectivity index (χ3v) is 7.34. The molecule has 4 rings (SSSR count). The third-order valence-electron chi connectivity index (χ3n) is 6.18. The van der Waals surface area contributed by atoms with Gasteiger partial charge in [-0.1, -0.05) is 18.2 Å². The lowest BCUT2D eigenvalue weighted by atomic mass is 10.1. The SMILES string of the molecule is CS(=O)(=O)N(C[C@H](NCCc1c[nH]c2ccccc12)C(=O)NO)c1ccc(Oc2ccc(C(F)(F)F)cc2)cc1. The second kappa shape index (κ2) is 12.0. The van der Waals surface area contributed by atoms with Crippen LogP contribution in [0.4, 0.5) is 18.9 Å². The highest BCUT2D eigenvalue weighted by molar-refractivity contribution is 7.92. The number of nitrogens with one attached hydrogen (secondary N) is 3. The van der Waals surface area contributed by atoms with Crippen molar-refractivity contribution >= 4 is 32.5 Å². The number of benzene rings is 3. The fourth-order valence-electron chi connectivity index (χ4n) is 4.16. The molecule has 0 aliphatic rings. The predicted octanol–water partition coefficient (Wildman–Crippen LogP) is 4.45. The smallest absolute Gasteiger partial charge is 0.416 e. The van der Waals surface area contributed by atoms with E-state index < -0.39 is 33.7 Å². The zero-order chi connectivity index (χ0) is 28.9. The average molecular weight is 577 g/mol. The zero-order valence-electron chi connectivity index (χ0n) is 21.3. The van der Waals surface area contributed by atoms with Crippen LogP contribution in [0.1, 0.15) is 11.1 Å². The summed E-state index contributed by atoms with van der Waals surface area (Å²) < 4.78 is 70.2. The van der Waals surface area contributed by atoms with Gasteiger partial charge in [0.1, 0.15) is 17.5 Å². The van der Waals surface area contributed by atoms with Gasteiger partial charge < -0.3 is 15.0 Å². The van der Waals surface area contributed by atoms with E-state index in [0.29, 0.717) is 13.0 Å². The molecule has 1 aromatic heterocycles. The first-order valence-electron chi connectivity index (χ1n) is 12.1. The van der Waals surface area contributed by atoms with Crippen LogP contribution in [0.5, 0.6) is 11.5 Å². The van der Waals surface area contributed by atoms with Gasteiger partial charge in [0.25, 0.3) is 5.91 Å². The van der Waals surface area contributed by atoms with Crippen LogP contribution in [-0.4, -0.2) is 49.9 Å². The summed E-state index contributed by atoms with van der Waals surface area (Å²) in [6.45, 7) is -0.00430. The van der Waals surface area contributed by atoms with Gasteiger partial charge in [-0.3, -0.25) is 14.3 Å². The van der Waals surface area contributed by atoms with E-state index in [1.807, 2.05) is 30.5 Å². The van der Waals surface area contributed by atoms with Crippen molar-refractivity contribution in [2.75, 3.05) is 23.7 Å². The second-order valence-electron chi connectivity index (χ2n) is 9.00. The van der Waals surface area contributed by atoms with E-state index in [-0.39, 0.29) is 23.7 Å². The number of hydrogen-bond acceptors (Lipinski definition) is 6. The Bertz CT molecular complexity index is 1560. The van der Waals surface area contributed by atoms with Gasteiger partial charge in [-0.25, -0.2) is 13.9 Å². The van der Waals surface area contributed by atoms with E-state index in [1.54, 1.807) is 5.48 Å². The molecule has 1 heterocycles. The van der Waals surface area contributed by atoms with Crippen LogP contribution in [0.3, 0.4) is 0 Å². The average Bonchev–Trinajstić information content (AvgIpc) is 3.33. The predicted molar refractivity (Wildman–Crippen MR) is 144 cm³/mol. The van der Waals surface area contributed by atoms with Crippen molar-refractivity contribution < 1.29 is 36.3 Å². The lowest BCUT2D eigenvalue weighted by Gasteiger charge is -2.27. The van der Waals surface area contributed by atoms with Gasteiger partial charge in [-0.15, -0.1) is 0 Å². The topological polar surface area (TPSA) is 124 Å². The lowest BCUT2D eigenvalue weighted by molar-refractivity contribution is -0.137. The molecule has 0 aliphatic heterocycles. The largest absolute Gasteiger partial charge is 0.457 e. The van der Waals surface area contributed by atoms with E-state index >= 15 is 0 Å². The van der Waals surface area contributed by atoms with Crippen molar-refractivity contribution in [3.8, 4) is 11.5 Å². The van der Waals surface area contributed by atoms with Gasteiger partial charge in [0.2, 0.25) is 10.0 Å². The van der Waals surface area contributed by atoms with E-state index in [9.17, 15) is 31.6 Å². The molecule has 0 radical (unpaired) electrons. The molecule has 0 unspecified atom stereocenters. The zero-order valence-corrected chi connectivity index (χ0v) is 22.1. The van der Waals surface area contributed by atoms with Crippen LogP contribution in [0, 0.1) is 0 Å². The van der Waals surface area contributed by atoms with E-state index in [0.717, 1.165) is 39.2 Å². The van der Waals surface area contributed by atoms with Crippen LogP contribution < -0.4 is 19.8 Å². The lowest BCUT2D eigenvalue weighted by Crippen LogP contribution is -2.52. The molecule has 9 nitrogen and oxygen atoms in total. The number of fused-ring (bicyclic) bond motifs is 1. The normalized spacial score (nSPS) is 12.7. The molecule has 0 aliphatic carbocycles. The summed E-state index contributed by atoms with van der Waals surface area (Å²) in [4.78, 5) is 15.6. The van der Waals surface area contributed by atoms with Crippen molar-refractivity contribution in [3.05, 3.63) is 90.1 Å². The van der Waals surface area contributed by atoms with Crippen molar-refractivity contribution in [3.63, 3.8) is 0 Å². The van der Waals surface area contributed by atoms with Gasteiger partial charge in [0, 0.05) is 23.6 Å². The van der Waals surface area contributed by atoms with Gasteiger partial charge in [-0.2, -0.15) is 13.2 Å². The maximum absolute atomic E-state index is 12.8. The summed E-state index contributed by atoms with van der Waals surface area (Å²) >= 11 is 0. The number of sulfonamides is 1. The van der Waals surface area contributed by atoms with Crippen molar-refractivity contribution in [1.82, 2.24) is 15.8 Å². The Morgan fingerprint density at radius 2 is 1.65 bits per heavy atom. The van der Waals surface area contributed by atoms with Crippen LogP contribution in [-0.2, 0) is 27.4 Å². The summed E-state index contributed by atoms with van der Waals surface area (Å²) in [5.41, 5.74) is 2.96. The van der Waals surface area contributed by atoms with Gasteiger partial charge in [-0.05, 0) is 66.6 Å². The van der Waals surface area contributed by atoms with Crippen LogP contribution in [0.15, 0.2) is 79.0 Å². The molecule has 0 bridgehead atoms. The number of ether oxygens (including phenoxy) is 1. The number of hydrogen-bond donors (Lipinski definition) is 4. The molecular weight excluding hydrogens is 549 g/mol. The minimum Gasteiger partial charge on any atom is -0.457 e. The first-order valence-corrected chi connectivity index (χ1v) is 14.0. The summed E-state index contributed by atoms with van der Waals surface area (Å²) in [6.07, 6.45) is -1.08. The Morgan fingerprint density at radius 1 is 1.02 bits per heavy atom. The number of para-hydroxylation sites is 1. The molecule has 0 spiro atoms. The highest BCUT2D eigenvalue weighted by Gasteiger charge is 2.30. The number of alkyl halides is 3. The second-order valence-corrected chi connectivity index (χ2v) is 10.9. The molecule has 0 saturated heterocycles. The minimum atomic E-state index is -4.47. The molecule has 1 atom stereocenters. The highest BCUT2D eigenvalue weighted by atomic mass is 32.2. The van der Waals surface area contributed by atoms with Crippen LogP contribution in [0.2, 0.25) is 0 Å². The number of halogens is 3. The molecular formula is C27H27F3N4O5S. The fourth-order valence-corrected chi connectivity index (χ4v) is 5.09. The maximum Gasteiger partial charge on any atom is 0.416 e. The minimum absolute atomic E-state index is 0.166. The summed E-state index contributed by atoms with van der Waals surface area (Å²) in [5.74, 6) is -0.381. The van der Waals surface area contributed by atoms with Gasteiger partial charge in [0.05, 0.1) is 24.1 Å². The number of anilines is 1. The number of aromatic nitrogens is 1. The molecule has 40 heavy (non-hydrogen) atoms. The van der Waals surface area contributed by atoms with Crippen molar-refractivity contribution in [1.29, 1.82) is 0 Å². The summed E-state index contributed by atoms with van der Waals surface area (Å²) in [6, 6.07) is 16.6. The number of amides is 1. The molecule has 1 amide bonds. The summed E-state index contributed by atoms with van der Waals surface area (Å²) in [7, 11) is -3.86. The molecule has 0 saturated carbocycles.